The third-order valence-electron chi connectivity index (χ3n) is 6.52. The number of carbonyl (C=O) groups excluding carboxylic acids is 1. The molecule has 3 saturated heterocycles. The minimum atomic E-state index is -4.47. The van der Waals surface area contributed by atoms with Crippen molar-refractivity contribution in [1.82, 2.24) is 15.2 Å². The third-order valence-corrected chi connectivity index (χ3v) is 7.30. The number of rotatable bonds is 2. The summed E-state index contributed by atoms with van der Waals surface area (Å²) in [5, 5.41) is 17.5. The molecule has 0 aliphatic carbocycles. The molecule has 4 unspecified atom stereocenters. The van der Waals surface area contributed by atoms with Crippen LogP contribution in [0.3, 0.4) is 0 Å². The van der Waals surface area contributed by atoms with Crippen LogP contribution in [-0.2, 0) is 4.79 Å². The molecule has 2 bridgehead atoms. The topological polar surface area (TPSA) is 85.4 Å². The molecular weight excluding hydrogens is 514 g/mol. The lowest BCUT2D eigenvalue weighted by Gasteiger charge is -2.41. The van der Waals surface area contributed by atoms with Crippen LogP contribution in [0.1, 0.15) is 38.5 Å². The molecule has 2 aromatic rings. The van der Waals surface area contributed by atoms with Gasteiger partial charge in [-0.1, -0.05) is 0 Å². The van der Waals surface area contributed by atoms with Crippen LogP contribution in [0.15, 0.2) is 6.07 Å². The summed E-state index contributed by atoms with van der Waals surface area (Å²) in [6.07, 6.45) is -2.88. The van der Waals surface area contributed by atoms with E-state index in [1.165, 1.54) is 4.90 Å². The molecule has 5 rings (SSSR count). The number of fused-ring (bicyclic) bond motifs is 3. The predicted molar refractivity (Wildman–Crippen MR) is 113 cm³/mol. The number of carbonyl (C=O) groups is 1. The molecule has 3 fully saturated rings. The Labute approximate surface area is 184 Å². The van der Waals surface area contributed by atoms with Gasteiger partial charge in [-0.15, -0.1) is 0 Å². The summed E-state index contributed by atoms with van der Waals surface area (Å²) < 4.78 is 42.2. The number of halogens is 4. The van der Waals surface area contributed by atoms with Crippen LogP contribution >= 0.6 is 22.6 Å². The highest BCUT2D eigenvalue weighted by molar-refractivity contribution is 14.1. The number of nitrogens with zero attached hydrogens (tertiary/aromatic N) is 4. The number of aromatic nitrogens is 3. The van der Waals surface area contributed by atoms with Crippen LogP contribution in [0.2, 0.25) is 0 Å². The van der Waals surface area contributed by atoms with Gasteiger partial charge in [0.2, 0.25) is 0 Å². The first kappa shape index (κ1) is 20.3. The lowest BCUT2D eigenvalue weighted by atomic mass is 9.97. The van der Waals surface area contributed by atoms with Crippen molar-refractivity contribution in [2.24, 2.45) is 0 Å². The first-order chi connectivity index (χ1) is 14.2. The van der Waals surface area contributed by atoms with Crippen molar-refractivity contribution in [1.29, 1.82) is 0 Å². The fraction of sp³-hybridized carbons (Fsp3) is 0.632. The van der Waals surface area contributed by atoms with Crippen molar-refractivity contribution < 1.29 is 23.1 Å². The molecule has 30 heavy (non-hydrogen) atoms. The van der Waals surface area contributed by atoms with E-state index >= 15 is 0 Å². The number of piperidine rings is 2. The molecule has 0 saturated carbocycles. The largest absolute Gasteiger partial charge is 0.408 e. The van der Waals surface area contributed by atoms with Crippen LogP contribution in [-0.4, -0.2) is 63.0 Å². The summed E-state index contributed by atoms with van der Waals surface area (Å²) in [5.41, 5.74) is 0.800. The molecule has 2 aromatic heterocycles. The zero-order valence-corrected chi connectivity index (χ0v) is 18.2. The van der Waals surface area contributed by atoms with Gasteiger partial charge in [0.15, 0.2) is 5.65 Å². The first-order valence-corrected chi connectivity index (χ1v) is 11.2. The van der Waals surface area contributed by atoms with Gasteiger partial charge in [-0.2, -0.15) is 18.3 Å². The number of hydrogen-bond acceptors (Lipinski definition) is 6. The number of aromatic amines is 1. The molecule has 162 valence electrons. The van der Waals surface area contributed by atoms with Crippen LogP contribution in [0, 0.1) is 3.70 Å². The predicted octanol–water partition coefficient (Wildman–Crippen LogP) is 3.15. The van der Waals surface area contributed by atoms with Crippen molar-refractivity contribution in [2.45, 2.75) is 68.9 Å². The zero-order chi connectivity index (χ0) is 21.2. The summed E-state index contributed by atoms with van der Waals surface area (Å²) in [6.45, 7) is 0.0937. The lowest BCUT2D eigenvalue weighted by molar-refractivity contribution is -0.159. The molecule has 3 aliphatic heterocycles. The van der Waals surface area contributed by atoms with E-state index in [9.17, 15) is 23.1 Å². The molecule has 7 nitrogen and oxygen atoms in total. The SMILES string of the molecule is O=C1CC2CCC(C1)N2c1cc(N2CCC(O)CC2C(F)(F)F)c2c(I)[nH]nc2n1. The quantitative estimate of drug-likeness (QED) is 0.576. The fourth-order valence-corrected chi connectivity index (χ4v) is 5.84. The van der Waals surface area contributed by atoms with Crippen molar-refractivity contribution in [2.75, 3.05) is 16.3 Å². The summed E-state index contributed by atoms with van der Waals surface area (Å²) >= 11 is 2.02. The first-order valence-electron chi connectivity index (χ1n) is 10.1. The minimum Gasteiger partial charge on any atom is -0.393 e. The molecule has 0 radical (unpaired) electrons. The smallest absolute Gasteiger partial charge is 0.393 e. The Hall–Kier alpha value is -1.63. The summed E-state index contributed by atoms with van der Waals surface area (Å²) in [4.78, 5) is 20.1. The van der Waals surface area contributed by atoms with Gasteiger partial charge in [0, 0.05) is 44.0 Å². The standard InChI is InChI=1S/C19H21F3IN5O2/c20-19(21,22)14-7-11(29)3-4-27(14)13-8-15(24-18-16(13)17(23)25-26-18)28-9-1-2-10(28)6-12(30)5-9/h8-11,14,29H,1-7H2,(H,24,25,26). The highest BCUT2D eigenvalue weighted by Gasteiger charge is 2.48. The Balaban J connectivity index is 1.63. The van der Waals surface area contributed by atoms with Crippen LogP contribution < -0.4 is 9.80 Å². The molecule has 5 heterocycles. The second-order valence-corrected chi connectivity index (χ2v) is 9.48. The van der Waals surface area contributed by atoms with E-state index in [-0.39, 0.29) is 37.3 Å². The summed E-state index contributed by atoms with van der Waals surface area (Å²) in [6, 6.07) is 0.0183. The Morgan fingerprint density at radius 2 is 1.90 bits per heavy atom. The Morgan fingerprint density at radius 3 is 2.57 bits per heavy atom. The molecule has 2 N–H and O–H groups in total. The highest BCUT2D eigenvalue weighted by Crippen LogP contribution is 2.43. The maximum absolute atomic E-state index is 13.9. The number of ketones is 1. The van der Waals surface area contributed by atoms with E-state index in [1.807, 2.05) is 22.6 Å². The number of alkyl halides is 3. The van der Waals surface area contributed by atoms with Gasteiger partial charge in [-0.25, -0.2) is 4.98 Å². The molecule has 11 heteroatoms. The maximum Gasteiger partial charge on any atom is 0.408 e. The number of anilines is 2. The Bertz CT molecular complexity index is 980. The number of aliphatic hydroxyl groups is 1. The van der Waals surface area contributed by atoms with Gasteiger partial charge in [0.25, 0.3) is 0 Å². The zero-order valence-electron chi connectivity index (χ0n) is 16.0. The van der Waals surface area contributed by atoms with Gasteiger partial charge in [-0.3, -0.25) is 9.89 Å². The van der Waals surface area contributed by atoms with Crippen LogP contribution in [0.4, 0.5) is 24.7 Å². The Morgan fingerprint density at radius 1 is 1.20 bits per heavy atom. The normalized spacial score (nSPS) is 29.8. The van der Waals surface area contributed by atoms with Crippen molar-refractivity contribution in [3.05, 3.63) is 9.77 Å². The fourth-order valence-electron chi connectivity index (χ4n) is 5.20. The highest BCUT2D eigenvalue weighted by atomic mass is 127. The molecule has 4 atom stereocenters. The van der Waals surface area contributed by atoms with E-state index in [4.69, 9.17) is 0 Å². The molecule has 0 amide bonds. The molecule has 3 aliphatic rings. The number of Topliss-reactive ketones (excluding diaryl/α,β-unsaturated/α-hetero) is 1. The summed E-state index contributed by atoms with van der Waals surface area (Å²) in [5.74, 6) is 0.809. The second kappa shape index (κ2) is 7.21. The number of pyridine rings is 1. The number of H-pyrrole nitrogens is 1. The summed E-state index contributed by atoms with van der Waals surface area (Å²) in [7, 11) is 0. The minimum absolute atomic E-state index is 0.0358. The van der Waals surface area contributed by atoms with Crippen molar-refractivity contribution in [3.8, 4) is 0 Å². The number of hydrogen-bond donors (Lipinski definition) is 2. The van der Waals surface area contributed by atoms with Gasteiger partial charge < -0.3 is 14.9 Å². The van der Waals surface area contributed by atoms with E-state index in [1.54, 1.807) is 6.07 Å². The van der Waals surface area contributed by atoms with E-state index in [0.717, 1.165) is 12.8 Å². The van der Waals surface area contributed by atoms with Gasteiger partial charge in [0.1, 0.15) is 21.3 Å². The monoisotopic (exact) mass is 535 g/mol. The van der Waals surface area contributed by atoms with Crippen molar-refractivity contribution >= 4 is 50.9 Å². The lowest BCUT2D eigenvalue weighted by Crippen LogP contribution is -2.52. The van der Waals surface area contributed by atoms with Gasteiger partial charge in [0.05, 0.1) is 17.2 Å². The van der Waals surface area contributed by atoms with Crippen molar-refractivity contribution in [3.63, 3.8) is 0 Å². The second-order valence-electron chi connectivity index (χ2n) is 8.40. The number of nitrogens with one attached hydrogen (secondary N) is 1. The van der Waals surface area contributed by atoms with E-state index in [2.05, 4.69) is 20.1 Å². The Kier molecular flexibility index (Phi) is 4.88. The molecule has 0 aromatic carbocycles. The molecular formula is C19H21F3IN5O2. The maximum atomic E-state index is 13.9. The van der Waals surface area contributed by atoms with E-state index in [0.29, 0.717) is 39.1 Å². The van der Waals surface area contributed by atoms with Gasteiger partial charge in [-0.05, 0) is 41.9 Å². The third kappa shape index (κ3) is 3.33. The van der Waals surface area contributed by atoms with Gasteiger partial charge >= 0.3 is 6.18 Å². The van der Waals surface area contributed by atoms with Crippen LogP contribution in [0.5, 0.6) is 0 Å². The molecule has 0 spiro atoms. The number of aliphatic hydroxyl groups excluding tert-OH is 1. The van der Waals surface area contributed by atoms with E-state index < -0.39 is 18.3 Å². The average Bonchev–Trinajstić information content (AvgIpc) is 3.18. The van der Waals surface area contributed by atoms with Crippen LogP contribution in [0.25, 0.3) is 11.0 Å². The average molecular weight is 535 g/mol.